The molecule has 0 saturated heterocycles. The Balaban J connectivity index is 2.23. The zero-order valence-corrected chi connectivity index (χ0v) is 9.58. The van der Waals surface area contributed by atoms with Crippen molar-refractivity contribution < 1.29 is 9.53 Å². The van der Waals surface area contributed by atoms with E-state index < -0.39 is 0 Å². The Hall–Kier alpha value is -1.35. The van der Waals surface area contributed by atoms with E-state index in [-0.39, 0.29) is 5.97 Å². The lowest BCUT2D eigenvalue weighted by molar-refractivity contribution is 0.0526. The molecule has 1 heterocycles. The summed E-state index contributed by atoms with van der Waals surface area (Å²) in [5, 5.41) is 3.35. The van der Waals surface area contributed by atoms with E-state index in [0.29, 0.717) is 12.2 Å². The smallest absolute Gasteiger partial charge is 0.338 e. The van der Waals surface area contributed by atoms with Crippen LogP contribution in [0.4, 0.5) is 0 Å². The number of hydrogen-bond acceptors (Lipinski definition) is 3. The predicted molar refractivity (Wildman–Crippen MR) is 62.4 cm³/mol. The van der Waals surface area contributed by atoms with Crippen molar-refractivity contribution in [3.05, 3.63) is 34.9 Å². The average Bonchev–Trinajstić information content (AvgIpc) is 2.53. The summed E-state index contributed by atoms with van der Waals surface area (Å²) in [6.45, 7) is 4.14. The maximum atomic E-state index is 11.6. The van der Waals surface area contributed by atoms with Crippen molar-refractivity contribution in [2.75, 3.05) is 13.2 Å². The van der Waals surface area contributed by atoms with Gasteiger partial charge in [0, 0.05) is 6.54 Å². The van der Waals surface area contributed by atoms with Gasteiger partial charge in [-0.1, -0.05) is 6.07 Å². The summed E-state index contributed by atoms with van der Waals surface area (Å²) in [7, 11) is 0. The van der Waals surface area contributed by atoms with Gasteiger partial charge in [-0.15, -0.1) is 0 Å². The summed E-state index contributed by atoms with van der Waals surface area (Å²) in [6, 6.07) is 5.86. The molecule has 1 aromatic rings. The third-order valence-corrected chi connectivity index (χ3v) is 2.83. The maximum Gasteiger partial charge on any atom is 0.338 e. The molecule has 1 N–H and O–H groups in total. The molecule has 0 bridgehead atoms. The van der Waals surface area contributed by atoms with Gasteiger partial charge >= 0.3 is 5.97 Å². The number of rotatable bonds is 2. The van der Waals surface area contributed by atoms with Crippen LogP contribution < -0.4 is 5.32 Å². The second-order valence-corrected chi connectivity index (χ2v) is 3.98. The van der Waals surface area contributed by atoms with E-state index in [4.69, 9.17) is 4.74 Å². The van der Waals surface area contributed by atoms with E-state index in [0.717, 1.165) is 25.9 Å². The molecule has 3 heteroatoms. The first-order valence-electron chi connectivity index (χ1n) is 5.81. The van der Waals surface area contributed by atoms with Gasteiger partial charge in [-0.05, 0) is 49.6 Å². The molecular weight excluding hydrogens is 202 g/mol. The molecule has 1 aliphatic rings. The molecule has 0 aliphatic carbocycles. The van der Waals surface area contributed by atoms with Gasteiger partial charge in [0.2, 0.25) is 0 Å². The van der Waals surface area contributed by atoms with Crippen molar-refractivity contribution in [1.82, 2.24) is 5.32 Å². The SMILES string of the molecule is CCOC(=O)c1ccc2c(c1)CNCCC2. The lowest BCUT2D eigenvalue weighted by Gasteiger charge is -2.08. The van der Waals surface area contributed by atoms with Crippen LogP contribution in [0.3, 0.4) is 0 Å². The Morgan fingerprint density at radius 1 is 1.44 bits per heavy atom. The molecule has 0 radical (unpaired) electrons. The van der Waals surface area contributed by atoms with E-state index in [1.54, 1.807) is 0 Å². The van der Waals surface area contributed by atoms with Gasteiger partial charge in [0.05, 0.1) is 12.2 Å². The standard InChI is InChI=1S/C13H17NO2/c1-2-16-13(15)11-6-5-10-4-3-7-14-9-12(10)8-11/h5-6,8,14H,2-4,7,9H2,1H3. The number of nitrogens with one attached hydrogen (secondary N) is 1. The number of carbonyl (C=O) groups excluding carboxylic acids is 1. The third kappa shape index (κ3) is 2.42. The van der Waals surface area contributed by atoms with Crippen molar-refractivity contribution in [3.8, 4) is 0 Å². The van der Waals surface area contributed by atoms with Crippen molar-refractivity contribution in [2.45, 2.75) is 26.3 Å². The highest BCUT2D eigenvalue weighted by Gasteiger charge is 2.12. The first-order valence-corrected chi connectivity index (χ1v) is 5.81. The zero-order valence-electron chi connectivity index (χ0n) is 9.58. The first kappa shape index (κ1) is 11.1. The van der Waals surface area contributed by atoms with Crippen LogP contribution in [0, 0.1) is 0 Å². The van der Waals surface area contributed by atoms with E-state index in [2.05, 4.69) is 11.4 Å². The summed E-state index contributed by atoms with van der Waals surface area (Å²) >= 11 is 0. The molecule has 0 fully saturated rings. The summed E-state index contributed by atoms with van der Waals surface area (Å²) in [5.74, 6) is -0.227. The summed E-state index contributed by atoms with van der Waals surface area (Å²) in [5.41, 5.74) is 3.23. The minimum Gasteiger partial charge on any atom is -0.462 e. The highest BCUT2D eigenvalue weighted by Crippen LogP contribution is 2.17. The van der Waals surface area contributed by atoms with Crippen LogP contribution >= 0.6 is 0 Å². The molecule has 3 nitrogen and oxygen atoms in total. The molecule has 0 atom stereocenters. The number of hydrogen-bond donors (Lipinski definition) is 1. The van der Waals surface area contributed by atoms with Gasteiger partial charge < -0.3 is 10.1 Å². The van der Waals surface area contributed by atoms with Crippen LogP contribution in [0.5, 0.6) is 0 Å². The number of fused-ring (bicyclic) bond motifs is 1. The minimum absolute atomic E-state index is 0.227. The second kappa shape index (κ2) is 5.12. The van der Waals surface area contributed by atoms with Gasteiger partial charge in [-0.25, -0.2) is 4.79 Å². The number of carbonyl (C=O) groups is 1. The van der Waals surface area contributed by atoms with Crippen LogP contribution in [-0.2, 0) is 17.7 Å². The monoisotopic (exact) mass is 219 g/mol. The van der Waals surface area contributed by atoms with Crippen LogP contribution in [0.15, 0.2) is 18.2 Å². The molecule has 0 saturated carbocycles. The Kier molecular flexibility index (Phi) is 3.57. The summed E-state index contributed by atoms with van der Waals surface area (Å²) in [4.78, 5) is 11.6. The lowest BCUT2D eigenvalue weighted by Crippen LogP contribution is -2.12. The number of aryl methyl sites for hydroxylation is 1. The van der Waals surface area contributed by atoms with E-state index in [9.17, 15) is 4.79 Å². The highest BCUT2D eigenvalue weighted by molar-refractivity contribution is 5.89. The van der Waals surface area contributed by atoms with Gasteiger partial charge in [-0.3, -0.25) is 0 Å². The first-order chi connectivity index (χ1) is 7.81. The molecular formula is C13H17NO2. The van der Waals surface area contributed by atoms with Crippen LogP contribution in [-0.4, -0.2) is 19.1 Å². The molecule has 2 rings (SSSR count). The summed E-state index contributed by atoms with van der Waals surface area (Å²) < 4.78 is 4.99. The Morgan fingerprint density at radius 2 is 2.31 bits per heavy atom. The molecule has 0 spiro atoms. The number of ether oxygens (including phenoxy) is 1. The van der Waals surface area contributed by atoms with Gasteiger partial charge in [0.1, 0.15) is 0 Å². The van der Waals surface area contributed by atoms with Crippen LogP contribution in [0.2, 0.25) is 0 Å². The Bertz CT molecular complexity index is 388. The minimum atomic E-state index is -0.227. The highest BCUT2D eigenvalue weighted by atomic mass is 16.5. The fourth-order valence-electron chi connectivity index (χ4n) is 2.00. The molecule has 86 valence electrons. The number of esters is 1. The fraction of sp³-hybridized carbons (Fsp3) is 0.462. The normalized spacial score (nSPS) is 15.1. The van der Waals surface area contributed by atoms with E-state index >= 15 is 0 Å². The van der Waals surface area contributed by atoms with Crippen LogP contribution in [0.25, 0.3) is 0 Å². The maximum absolute atomic E-state index is 11.6. The molecule has 0 unspecified atom stereocenters. The molecule has 0 aromatic heterocycles. The van der Waals surface area contributed by atoms with Gasteiger partial charge in [0.25, 0.3) is 0 Å². The van der Waals surface area contributed by atoms with Gasteiger partial charge in [0.15, 0.2) is 0 Å². The summed E-state index contributed by atoms with van der Waals surface area (Å²) in [6.07, 6.45) is 2.25. The van der Waals surface area contributed by atoms with Crippen LogP contribution in [0.1, 0.15) is 34.8 Å². The van der Waals surface area contributed by atoms with E-state index in [1.165, 1.54) is 11.1 Å². The molecule has 1 aromatic carbocycles. The number of benzene rings is 1. The molecule has 16 heavy (non-hydrogen) atoms. The third-order valence-electron chi connectivity index (χ3n) is 2.83. The van der Waals surface area contributed by atoms with E-state index in [1.807, 2.05) is 19.1 Å². The fourth-order valence-corrected chi connectivity index (χ4v) is 2.00. The predicted octanol–water partition coefficient (Wildman–Crippen LogP) is 1.90. The van der Waals surface area contributed by atoms with Crippen molar-refractivity contribution in [2.24, 2.45) is 0 Å². The largest absolute Gasteiger partial charge is 0.462 e. The lowest BCUT2D eigenvalue weighted by atomic mass is 10.0. The van der Waals surface area contributed by atoms with Crippen molar-refractivity contribution >= 4 is 5.97 Å². The van der Waals surface area contributed by atoms with Crippen molar-refractivity contribution in [3.63, 3.8) is 0 Å². The molecule has 0 amide bonds. The van der Waals surface area contributed by atoms with Gasteiger partial charge in [-0.2, -0.15) is 0 Å². The average molecular weight is 219 g/mol. The Labute approximate surface area is 95.8 Å². The topological polar surface area (TPSA) is 38.3 Å². The molecule has 1 aliphatic heterocycles. The Morgan fingerprint density at radius 3 is 3.12 bits per heavy atom. The zero-order chi connectivity index (χ0) is 11.4. The quantitative estimate of drug-likeness (QED) is 0.772. The second-order valence-electron chi connectivity index (χ2n) is 3.98. The van der Waals surface area contributed by atoms with Crippen molar-refractivity contribution in [1.29, 1.82) is 0 Å².